The molecule has 2 atom stereocenters. The first-order valence-corrected chi connectivity index (χ1v) is 13.1. The zero-order valence-corrected chi connectivity index (χ0v) is 22.5. The Morgan fingerprint density at radius 3 is 2.19 bits per heavy atom. The molecule has 0 bridgehead atoms. The maximum absolute atomic E-state index is 13.4. The van der Waals surface area contributed by atoms with Gasteiger partial charge in [0.05, 0.1) is 33.0 Å². The molecular weight excluding hydrogens is 509 g/mol. The highest BCUT2D eigenvalue weighted by atomic mass is 35.5. The molecule has 0 aliphatic heterocycles. The van der Waals surface area contributed by atoms with Crippen molar-refractivity contribution in [3.63, 3.8) is 0 Å². The minimum Gasteiger partial charge on any atom is -0.493 e. The van der Waals surface area contributed by atoms with Gasteiger partial charge in [0.15, 0.2) is 16.3 Å². The van der Waals surface area contributed by atoms with Crippen LogP contribution in [-0.2, 0) is 22.7 Å². The van der Waals surface area contributed by atoms with E-state index in [9.17, 15) is 4.79 Å². The molecule has 0 aromatic heterocycles. The molecule has 194 valence electrons. The van der Waals surface area contributed by atoms with E-state index >= 15 is 0 Å². The number of carbonyl (C=O) groups is 1. The van der Waals surface area contributed by atoms with Gasteiger partial charge in [-0.3, -0.25) is 4.79 Å². The van der Waals surface area contributed by atoms with Gasteiger partial charge < -0.3 is 19.1 Å². The van der Waals surface area contributed by atoms with Crippen molar-refractivity contribution in [2.75, 3.05) is 14.2 Å². The number of carbonyl (C=O) groups excluding carboxylic acids is 1. The lowest BCUT2D eigenvalue weighted by atomic mass is 9.85. The van der Waals surface area contributed by atoms with Crippen molar-refractivity contribution in [2.45, 2.75) is 43.0 Å². The van der Waals surface area contributed by atoms with Gasteiger partial charge in [0.2, 0.25) is 0 Å². The van der Waals surface area contributed by atoms with Gasteiger partial charge in [-0.1, -0.05) is 96.0 Å². The first-order valence-electron chi connectivity index (χ1n) is 12.2. The van der Waals surface area contributed by atoms with E-state index in [-0.39, 0.29) is 18.1 Å². The first-order chi connectivity index (χ1) is 18.0. The Labute approximate surface area is 228 Å². The molecule has 3 aromatic rings. The standard InChI is InChI=1S/C30H31Cl2NO4/c1-35-27-16-13-23(17-28(27)36-2)25-15-14-24(37-20-22-11-7-4-8-12-22)18-26(25)33(30(34)29(31)32)19-21-9-5-3-6-10-21/h3-13,15-17,24,26,29H,14,18-20H2,1-2H3/t24-,26+/m0/s1. The summed E-state index contributed by atoms with van der Waals surface area (Å²) in [6, 6.07) is 25.4. The summed E-state index contributed by atoms with van der Waals surface area (Å²) in [6.07, 6.45) is 3.38. The maximum atomic E-state index is 13.4. The molecule has 0 saturated heterocycles. The number of methoxy groups -OCH3 is 2. The number of alkyl halides is 2. The minimum atomic E-state index is -1.18. The van der Waals surface area contributed by atoms with Crippen LogP contribution < -0.4 is 9.47 Å². The molecule has 1 aliphatic carbocycles. The van der Waals surface area contributed by atoms with Gasteiger partial charge >= 0.3 is 0 Å². The zero-order chi connectivity index (χ0) is 26.2. The van der Waals surface area contributed by atoms with E-state index < -0.39 is 4.84 Å². The van der Waals surface area contributed by atoms with Crippen molar-refractivity contribution in [1.82, 2.24) is 4.90 Å². The predicted molar refractivity (Wildman–Crippen MR) is 148 cm³/mol. The third kappa shape index (κ3) is 6.86. The van der Waals surface area contributed by atoms with Crippen molar-refractivity contribution in [2.24, 2.45) is 0 Å². The van der Waals surface area contributed by atoms with Crippen LogP contribution in [0.3, 0.4) is 0 Å². The summed E-state index contributed by atoms with van der Waals surface area (Å²) in [4.78, 5) is 14.0. The van der Waals surface area contributed by atoms with Gasteiger partial charge in [0.1, 0.15) is 0 Å². The molecule has 7 heteroatoms. The van der Waals surface area contributed by atoms with Crippen molar-refractivity contribution in [1.29, 1.82) is 0 Å². The molecule has 37 heavy (non-hydrogen) atoms. The predicted octanol–water partition coefficient (Wildman–Crippen LogP) is 6.67. The van der Waals surface area contributed by atoms with Crippen molar-refractivity contribution in [3.05, 3.63) is 102 Å². The average molecular weight is 540 g/mol. The van der Waals surface area contributed by atoms with E-state index in [1.165, 1.54) is 0 Å². The summed E-state index contributed by atoms with van der Waals surface area (Å²) < 4.78 is 17.3. The molecular formula is C30H31Cl2NO4. The Hall–Kier alpha value is -2.99. The largest absolute Gasteiger partial charge is 0.493 e. The lowest BCUT2D eigenvalue weighted by Crippen LogP contribution is -2.46. The molecule has 0 fully saturated rings. The summed E-state index contributed by atoms with van der Waals surface area (Å²) in [7, 11) is 3.22. The number of rotatable bonds is 10. The van der Waals surface area contributed by atoms with E-state index in [4.69, 9.17) is 37.4 Å². The molecule has 0 heterocycles. The second kappa shape index (κ2) is 13.0. The summed E-state index contributed by atoms with van der Waals surface area (Å²) in [5.41, 5.74) is 4.03. The highest BCUT2D eigenvalue weighted by Crippen LogP contribution is 2.38. The molecule has 1 aliphatic rings. The normalized spacial score (nSPS) is 17.3. The number of amides is 1. The van der Waals surface area contributed by atoms with Crippen LogP contribution in [0.15, 0.2) is 84.9 Å². The number of benzene rings is 3. The smallest absolute Gasteiger partial charge is 0.256 e. The number of hydrogen-bond acceptors (Lipinski definition) is 4. The summed E-state index contributed by atoms with van der Waals surface area (Å²) in [5.74, 6) is 0.921. The summed E-state index contributed by atoms with van der Waals surface area (Å²) in [5, 5.41) is 0. The summed E-state index contributed by atoms with van der Waals surface area (Å²) in [6.45, 7) is 0.869. The van der Waals surface area contributed by atoms with Gasteiger partial charge in [-0.2, -0.15) is 0 Å². The van der Waals surface area contributed by atoms with Gasteiger partial charge in [0, 0.05) is 6.54 Å². The number of halogens is 2. The van der Waals surface area contributed by atoms with Crippen LogP contribution in [0.4, 0.5) is 0 Å². The van der Waals surface area contributed by atoms with Crippen LogP contribution in [-0.4, -0.2) is 42.0 Å². The van der Waals surface area contributed by atoms with E-state index in [1.807, 2.05) is 78.9 Å². The average Bonchev–Trinajstić information content (AvgIpc) is 2.95. The molecule has 0 spiro atoms. The Morgan fingerprint density at radius 1 is 0.919 bits per heavy atom. The van der Waals surface area contributed by atoms with Gasteiger partial charge in [-0.15, -0.1) is 0 Å². The second-order valence-electron chi connectivity index (χ2n) is 8.89. The van der Waals surface area contributed by atoms with Gasteiger partial charge in [-0.25, -0.2) is 0 Å². The molecule has 0 saturated carbocycles. The first kappa shape index (κ1) is 27.1. The Balaban J connectivity index is 1.69. The molecule has 1 amide bonds. The zero-order valence-electron chi connectivity index (χ0n) is 21.0. The second-order valence-corrected chi connectivity index (χ2v) is 9.98. The van der Waals surface area contributed by atoms with E-state index in [1.54, 1.807) is 19.1 Å². The fourth-order valence-corrected chi connectivity index (χ4v) is 4.91. The lowest BCUT2D eigenvalue weighted by Gasteiger charge is -2.39. The van der Waals surface area contributed by atoms with Crippen LogP contribution in [0.5, 0.6) is 11.5 Å². The fourth-order valence-electron chi connectivity index (χ4n) is 4.66. The van der Waals surface area contributed by atoms with Crippen molar-refractivity contribution < 1.29 is 19.0 Å². The van der Waals surface area contributed by atoms with Crippen molar-refractivity contribution in [3.8, 4) is 11.5 Å². The minimum absolute atomic E-state index is 0.0794. The van der Waals surface area contributed by atoms with Gasteiger partial charge in [0.25, 0.3) is 5.91 Å². The molecule has 0 radical (unpaired) electrons. The van der Waals surface area contributed by atoms with Crippen molar-refractivity contribution >= 4 is 34.7 Å². The van der Waals surface area contributed by atoms with Crippen LogP contribution >= 0.6 is 23.2 Å². The Kier molecular flexibility index (Phi) is 9.51. The van der Waals surface area contributed by atoms with Crippen LogP contribution in [0.2, 0.25) is 0 Å². The van der Waals surface area contributed by atoms with Crippen LogP contribution in [0, 0.1) is 0 Å². The molecule has 5 nitrogen and oxygen atoms in total. The quantitative estimate of drug-likeness (QED) is 0.270. The van der Waals surface area contributed by atoms with E-state index in [0.29, 0.717) is 37.5 Å². The number of ether oxygens (including phenoxy) is 3. The van der Waals surface area contributed by atoms with Gasteiger partial charge in [-0.05, 0) is 47.2 Å². The molecule has 4 rings (SSSR count). The van der Waals surface area contributed by atoms with Crippen LogP contribution in [0.25, 0.3) is 5.57 Å². The van der Waals surface area contributed by atoms with E-state index in [0.717, 1.165) is 22.3 Å². The Bertz CT molecular complexity index is 1200. The van der Waals surface area contributed by atoms with Crippen LogP contribution in [0.1, 0.15) is 29.5 Å². The number of hydrogen-bond donors (Lipinski definition) is 0. The molecule has 3 aromatic carbocycles. The summed E-state index contributed by atoms with van der Waals surface area (Å²) >= 11 is 12.3. The highest BCUT2D eigenvalue weighted by Gasteiger charge is 2.35. The Morgan fingerprint density at radius 2 is 1.57 bits per heavy atom. The maximum Gasteiger partial charge on any atom is 0.256 e. The highest BCUT2D eigenvalue weighted by molar-refractivity contribution is 6.53. The number of nitrogens with zero attached hydrogens (tertiary/aromatic N) is 1. The molecule has 0 N–H and O–H groups in total. The topological polar surface area (TPSA) is 48.0 Å². The van der Waals surface area contributed by atoms with E-state index in [2.05, 4.69) is 6.08 Å². The lowest BCUT2D eigenvalue weighted by molar-refractivity contribution is -0.132. The third-order valence-electron chi connectivity index (χ3n) is 6.53. The SMILES string of the molecule is COc1ccc(C2=CC[C@H](OCc3ccccc3)C[C@H]2N(Cc2ccccc2)C(=O)C(Cl)Cl)cc1OC. The molecule has 0 unspecified atom stereocenters. The third-order valence-corrected chi connectivity index (χ3v) is 6.91. The fraction of sp³-hybridized carbons (Fsp3) is 0.300. The monoisotopic (exact) mass is 539 g/mol.